The summed E-state index contributed by atoms with van der Waals surface area (Å²) in [4.78, 5) is 15.9. The number of esters is 1. The number of sulfonamides is 1. The molecule has 1 aromatic heterocycles. The van der Waals surface area contributed by atoms with Gasteiger partial charge in [0.05, 0.1) is 12.4 Å². The molecular weight excluding hydrogens is 400 g/mol. The first kappa shape index (κ1) is 24.0. The van der Waals surface area contributed by atoms with Crippen LogP contribution in [0.15, 0.2) is 48.8 Å². The van der Waals surface area contributed by atoms with E-state index in [-0.39, 0.29) is 17.6 Å². The molecule has 1 atom stereocenters. The number of carbonyl (C=O) groups is 1. The highest BCUT2D eigenvalue weighted by Crippen LogP contribution is 2.25. The van der Waals surface area contributed by atoms with E-state index < -0.39 is 10.0 Å². The maximum absolute atomic E-state index is 12.0. The highest BCUT2D eigenvalue weighted by molar-refractivity contribution is 7.89. The van der Waals surface area contributed by atoms with Gasteiger partial charge in [0.15, 0.2) is 0 Å². The van der Waals surface area contributed by atoms with Crippen molar-refractivity contribution in [3.63, 3.8) is 0 Å². The molecule has 164 valence electrons. The van der Waals surface area contributed by atoms with Crippen LogP contribution in [0.5, 0.6) is 0 Å². The lowest BCUT2D eigenvalue weighted by atomic mass is 9.88. The van der Waals surface area contributed by atoms with Crippen LogP contribution in [0.3, 0.4) is 0 Å². The molecule has 1 aromatic carbocycles. The van der Waals surface area contributed by atoms with Crippen molar-refractivity contribution in [1.29, 1.82) is 0 Å². The standard InChI is InChI=1S/C23H32N2O4S/c1-3-15-30(27,28)25-14-12-22(17-20-8-6-13-24-18-20)21-9-5-7-19(16-21)10-11-23(26)29-4-2/h5-9,13,16,18,22,25H,3-4,10-12,14-15,17H2,1-2H3. The summed E-state index contributed by atoms with van der Waals surface area (Å²) in [5, 5.41) is 0. The van der Waals surface area contributed by atoms with Crippen molar-refractivity contribution >= 4 is 16.0 Å². The number of hydrogen-bond acceptors (Lipinski definition) is 5. The van der Waals surface area contributed by atoms with Gasteiger partial charge in [-0.3, -0.25) is 9.78 Å². The monoisotopic (exact) mass is 432 g/mol. The molecule has 2 aromatic rings. The Balaban J connectivity index is 2.11. The number of ether oxygens (including phenoxy) is 1. The van der Waals surface area contributed by atoms with E-state index in [0.717, 1.165) is 23.1 Å². The van der Waals surface area contributed by atoms with Crippen LogP contribution < -0.4 is 4.72 Å². The third kappa shape index (κ3) is 8.63. The van der Waals surface area contributed by atoms with Gasteiger partial charge in [0, 0.05) is 25.4 Å². The molecule has 0 saturated carbocycles. The zero-order valence-electron chi connectivity index (χ0n) is 17.8. The molecule has 0 aliphatic carbocycles. The van der Waals surface area contributed by atoms with Crippen molar-refractivity contribution in [1.82, 2.24) is 9.71 Å². The Morgan fingerprint density at radius 2 is 1.97 bits per heavy atom. The minimum atomic E-state index is -3.23. The number of aromatic nitrogens is 1. The number of nitrogens with one attached hydrogen (secondary N) is 1. The van der Waals surface area contributed by atoms with Crippen molar-refractivity contribution < 1.29 is 17.9 Å². The molecule has 0 spiro atoms. The number of hydrogen-bond donors (Lipinski definition) is 1. The molecule has 0 bridgehead atoms. The highest BCUT2D eigenvalue weighted by atomic mass is 32.2. The number of carbonyl (C=O) groups excluding carboxylic acids is 1. The summed E-state index contributed by atoms with van der Waals surface area (Å²) in [6, 6.07) is 12.1. The Morgan fingerprint density at radius 1 is 1.17 bits per heavy atom. The number of nitrogens with zero attached hydrogens (tertiary/aromatic N) is 1. The van der Waals surface area contributed by atoms with E-state index in [2.05, 4.69) is 21.8 Å². The van der Waals surface area contributed by atoms with Crippen LogP contribution in [0.2, 0.25) is 0 Å². The predicted octanol–water partition coefficient (Wildman–Crippen LogP) is 3.62. The van der Waals surface area contributed by atoms with Gasteiger partial charge in [-0.05, 0) is 61.3 Å². The fourth-order valence-corrected chi connectivity index (χ4v) is 4.51. The van der Waals surface area contributed by atoms with Gasteiger partial charge in [-0.2, -0.15) is 0 Å². The smallest absolute Gasteiger partial charge is 0.306 e. The maximum Gasteiger partial charge on any atom is 0.306 e. The van der Waals surface area contributed by atoms with Gasteiger partial charge in [-0.25, -0.2) is 13.1 Å². The van der Waals surface area contributed by atoms with Gasteiger partial charge in [0.25, 0.3) is 0 Å². The second-order valence-electron chi connectivity index (χ2n) is 7.31. The molecule has 0 saturated heterocycles. The summed E-state index contributed by atoms with van der Waals surface area (Å²) >= 11 is 0. The van der Waals surface area contributed by atoms with Gasteiger partial charge in [0.2, 0.25) is 10.0 Å². The molecule has 0 fully saturated rings. The first-order valence-corrected chi connectivity index (χ1v) is 12.2. The molecule has 30 heavy (non-hydrogen) atoms. The molecule has 0 aliphatic rings. The number of benzene rings is 1. The molecule has 1 unspecified atom stereocenters. The van der Waals surface area contributed by atoms with Crippen molar-refractivity contribution in [2.24, 2.45) is 0 Å². The third-order valence-electron chi connectivity index (χ3n) is 4.84. The molecular formula is C23H32N2O4S. The Morgan fingerprint density at radius 3 is 2.67 bits per heavy atom. The molecule has 6 nitrogen and oxygen atoms in total. The Bertz CT molecular complexity index is 885. The van der Waals surface area contributed by atoms with E-state index in [4.69, 9.17) is 4.74 Å². The average Bonchev–Trinajstić information content (AvgIpc) is 2.72. The molecule has 2 rings (SSSR count). The quantitative estimate of drug-likeness (QED) is 0.489. The first-order valence-electron chi connectivity index (χ1n) is 10.5. The van der Waals surface area contributed by atoms with Gasteiger partial charge >= 0.3 is 5.97 Å². The number of pyridine rings is 1. The summed E-state index contributed by atoms with van der Waals surface area (Å²) in [5.41, 5.74) is 3.31. The van der Waals surface area contributed by atoms with E-state index >= 15 is 0 Å². The maximum atomic E-state index is 12.0. The molecule has 0 amide bonds. The normalized spacial score (nSPS) is 12.5. The first-order chi connectivity index (χ1) is 14.4. The van der Waals surface area contributed by atoms with Crippen LogP contribution in [0.4, 0.5) is 0 Å². The zero-order valence-corrected chi connectivity index (χ0v) is 18.7. The molecule has 1 N–H and O–H groups in total. The fourth-order valence-electron chi connectivity index (χ4n) is 3.40. The number of aryl methyl sites for hydroxylation is 1. The molecule has 1 heterocycles. The third-order valence-corrected chi connectivity index (χ3v) is 6.43. The van der Waals surface area contributed by atoms with Gasteiger partial charge in [-0.1, -0.05) is 37.3 Å². The molecule has 0 aliphatic heterocycles. The van der Waals surface area contributed by atoms with Crippen LogP contribution in [0, 0.1) is 0 Å². The van der Waals surface area contributed by atoms with Crippen LogP contribution in [-0.2, 0) is 32.4 Å². The Hall–Kier alpha value is -2.25. The van der Waals surface area contributed by atoms with E-state index in [0.29, 0.717) is 38.8 Å². The fraction of sp³-hybridized carbons (Fsp3) is 0.478. The van der Waals surface area contributed by atoms with Crippen molar-refractivity contribution in [2.75, 3.05) is 18.9 Å². The average molecular weight is 433 g/mol. The van der Waals surface area contributed by atoms with E-state index in [1.807, 2.05) is 37.4 Å². The van der Waals surface area contributed by atoms with Crippen LogP contribution in [0.1, 0.15) is 55.7 Å². The van der Waals surface area contributed by atoms with Crippen molar-refractivity contribution in [2.45, 2.75) is 51.9 Å². The SMILES string of the molecule is CCCS(=O)(=O)NCCC(Cc1cccnc1)c1cccc(CCC(=O)OCC)c1. The molecule has 0 radical (unpaired) electrons. The minimum absolute atomic E-state index is 0.140. The summed E-state index contributed by atoms with van der Waals surface area (Å²) in [7, 11) is -3.23. The predicted molar refractivity (Wildman–Crippen MR) is 119 cm³/mol. The second kappa shape index (κ2) is 12.4. The van der Waals surface area contributed by atoms with Crippen LogP contribution in [-0.4, -0.2) is 38.3 Å². The second-order valence-corrected chi connectivity index (χ2v) is 9.24. The summed E-state index contributed by atoms with van der Waals surface area (Å²) in [5.74, 6) is 0.0880. The molecule has 7 heteroatoms. The highest BCUT2D eigenvalue weighted by Gasteiger charge is 2.16. The zero-order chi connectivity index (χ0) is 21.8. The van der Waals surface area contributed by atoms with Crippen LogP contribution in [0.25, 0.3) is 0 Å². The summed E-state index contributed by atoms with van der Waals surface area (Å²) in [6.07, 6.45) is 6.60. The van der Waals surface area contributed by atoms with Gasteiger partial charge in [-0.15, -0.1) is 0 Å². The lowest BCUT2D eigenvalue weighted by molar-refractivity contribution is -0.143. The van der Waals surface area contributed by atoms with E-state index in [9.17, 15) is 13.2 Å². The summed E-state index contributed by atoms with van der Waals surface area (Å²) < 4.78 is 31.7. The van der Waals surface area contributed by atoms with Gasteiger partial charge < -0.3 is 4.74 Å². The van der Waals surface area contributed by atoms with Gasteiger partial charge in [0.1, 0.15) is 0 Å². The van der Waals surface area contributed by atoms with Crippen molar-refractivity contribution in [3.05, 3.63) is 65.5 Å². The lowest BCUT2D eigenvalue weighted by Crippen LogP contribution is -2.28. The topological polar surface area (TPSA) is 85.4 Å². The lowest BCUT2D eigenvalue weighted by Gasteiger charge is -2.19. The van der Waals surface area contributed by atoms with E-state index in [1.165, 1.54) is 0 Å². The Labute approximate surface area is 180 Å². The van der Waals surface area contributed by atoms with Crippen LogP contribution >= 0.6 is 0 Å². The summed E-state index contributed by atoms with van der Waals surface area (Å²) in [6.45, 7) is 4.43. The number of rotatable bonds is 13. The van der Waals surface area contributed by atoms with Crippen molar-refractivity contribution in [3.8, 4) is 0 Å². The van der Waals surface area contributed by atoms with E-state index in [1.54, 1.807) is 13.1 Å². The Kier molecular flexibility index (Phi) is 9.97. The largest absolute Gasteiger partial charge is 0.466 e. The minimum Gasteiger partial charge on any atom is -0.466 e.